The Kier molecular flexibility index (Phi) is 6.97. The summed E-state index contributed by atoms with van der Waals surface area (Å²) in [4.78, 5) is 24.7. The molecule has 0 aliphatic heterocycles. The van der Waals surface area contributed by atoms with Crippen LogP contribution in [0.3, 0.4) is 0 Å². The van der Waals surface area contributed by atoms with Crippen molar-refractivity contribution in [1.82, 2.24) is 15.1 Å². The molecule has 2 amide bonds. The highest BCUT2D eigenvalue weighted by Gasteiger charge is 2.19. The van der Waals surface area contributed by atoms with Gasteiger partial charge in [-0.1, -0.05) is 35.9 Å². The first-order valence-corrected chi connectivity index (χ1v) is 10.2. The summed E-state index contributed by atoms with van der Waals surface area (Å²) in [5, 5.41) is 10.6. The van der Waals surface area contributed by atoms with Crippen molar-refractivity contribution >= 4 is 29.3 Å². The van der Waals surface area contributed by atoms with Crippen LogP contribution in [0.4, 0.5) is 10.5 Å². The summed E-state index contributed by atoms with van der Waals surface area (Å²) in [5.41, 5.74) is 4.60. The Morgan fingerprint density at radius 3 is 2.32 bits per heavy atom. The summed E-state index contributed by atoms with van der Waals surface area (Å²) in [7, 11) is 1.76. The van der Waals surface area contributed by atoms with Crippen LogP contribution < -0.4 is 10.6 Å². The van der Waals surface area contributed by atoms with Gasteiger partial charge in [0.1, 0.15) is 12.3 Å². The van der Waals surface area contributed by atoms with Gasteiger partial charge in [-0.25, -0.2) is 4.79 Å². The van der Waals surface area contributed by atoms with E-state index in [0.717, 1.165) is 22.4 Å². The van der Waals surface area contributed by atoms with Gasteiger partial charge in [-0.15, -0.1) is 0 Å². The average Bonchev–Trinajstić information content (AvgIpc) is 2.99. The second kappa shape index (κ2) is 9.66. The van der Waals surface area contributed by atoms with Gasteiger partial charge in [0.05, 0.1) is 11.7 Å². The predicted molar refractivity (Wildman–Crippen MR) is 120 cm³/mol. The normalized spacial score (nSPS) is 11.6. The SMILES string of the molecule is Cc1nn(C)c(C(=O)NC(C)c2ccc(NC(=O)OCc3ccc(Cl)cc3)cc2)c1C. The van der Waals surface area contributed by atoms with Crippen LogP contribution in [-0.2, 0) is 18.4 Å². The lowest BCUT2D eigenvalue weighted by Gasteiger charge is -2.15. The minimum atomic E-state index is -0.550. The van der Waals surface area contributed by atoms with E-state index in [2.05, 4.69) is 15.7 Å². The lowest BCUT2D eigenvalue weighted by Crippen LogP contribution is -2.29. The summed E-state index contributed by atoms with van der Waals surface area (Å²) in [5.74, 6) is -0.180. The van der Waals surface area contributed by atoms with Gasteiger partial charge in [-0.05, 0) is 56.2 Å². The van der Waals surface area contributed by atoms with Crippen molar-refractivity contribution in [1.29, 1.82) is 0 Å². The third kappa shape index (κ3) is 5.64. The van der Waals surface area contributed by atoms with E-state index in [4.69, 9.17) is 16.3 Å². The van der Waals surface area contributed by atoms with Crippen molar-refractivity contribution in [3.05, 3.63) is 81.6 Å². The van der Waals surface area contributed by atoms with E-state index in [9.17, 15) is 9.59 Å². The maximum atomic E-state index is 12.7. The number of anilines is 1. The first-order chi connectivity index (χ1) is 14.7. The Labute approximate surface area is 186 Å². The van der Waals surface area contributed by atoms with Gasteiger partial charge in [0, 0.05) is 23.3 Å². The van der Waals surface area contributed by atoms with E-state index < -0.39 is 6.09 Å². The van der Waals surface area contributed by atoms with Crippen LogP contribution in [0.15, 0.2) is 48.5 Å². The zero-order valence-corrected chi connectivity index (χ0v) is 18.7. The predicted octanol–water partition coefficient (Wildman–Crippen LogP) is 4.93. The van der Waals surface area contributed by atoms with Gasteiger partial charge in [0.15, 0.2) is 0 Å². The van der Waals surface area contributed by atoms with Gasteiger partial charge < -0.3 is 10.1 Å². The summed E-state index contributed by atoms with van der Waals surface area (Å²) >= 11 is 5.84. The molecule has 3 rings (SSSR count). The number of halogens is 1. The number of carbonyl (C=O) groups is 2. The highest BCUT2D eigenvalue weighted by atomic mass is 35.5. The van der Waals surface area contributed by atoms with Gasteiger partial charge in [-0.3, -0.25) is 14.8 Å². The quantitative estimate of drug-likeness (QED) is 0.569. The molecule has 0 aliphatic rings. The van der Waals surface area contributed by atoms with Crippen molar-refractivity contribution in [3.8, 4) is 0 Å². The Balaban J connectivity index is 1.54. The Hall–Kier alpha value is -3.32. The molecule has 2 aromatic carbocycles. The minimum absolute atomic E-state index is 0.150. The summed E-state index contributed by atoms with van der Waals surface area (Å²) < 4.78 is 6.81. The van der Waals surface area contributed by atoms with E-state index >= 15 is 0 Å². The number of nitrogens with one attached hydrogen (secondary N) is 2. The fourth-order valence-corrected chi connectivity index (χ4v) is 3.29. The molecule has 1 atom stereocenters. The first-order valence-electron chi connectivity index (χ1n) is 9.84. The number of aryl methyl sites for hydroxylation is 2. The molecule has 31 heavy (non-hydrogen) atoms. The molecule has 0 saturated carbocycles. The second-order valence-corrected chi connectivity index (χ2v) is 7.76. The van der Waals surface area contributed by atoms with Crippen LogP contribution in [-0.4, -0.2) is 21.8 Å². The Bertz CT molecular complexity index is 1080. The van der Waals surface area contributed by atoms with E-state index in [-0.39, 0.29) is 18.6 Å². The van der Waals surface area contributed by atoms with Crippen LogP contribution in [0.1, 0.15) is 45.8 Å². The van der Waals surface area contributed by atoms with E-state index in [1.165, 1.54) is 0 Å². The standard InChI is InChI=1S/C23H25ClN4O3/c1-14-15(2)27-28(4)21(14)22(29)25-16(3)18-7-11-20(12-8-18)26-23(30)31-13-17-5-9-19(24)10-6-17/h5-12,16H,13H2,1-4H3,(H,25,29)(H,26,30). The van der Waals surface area contributed by atoms with Crippen LogP contribution >= 0.6 is 11.6 Å². The number of rotatable bonds is 6. The monoisotopic (exact) mass is 440 g/mol. The number of benzene rings is 2. The van der Waals surface area contributed by atoms with Crippen LogP contribution in [0.5, 0.6) is 0 Å². The van der Waals surface area contributed by atoms with Crippen molar-refractivity contribution in [2.24, 2.45) is 7.05 Å². The first kappa shape index (κ1) is 22.4. The topological polar surface area (TPSA) is 85.3 Å². The zero-order valence-electron chi connectivity index (χ0n) is 17.9. The lowest BCUT2D eigenvalue weighted by molar-refractivity contribution is 0.0929. The van der Waals surface area contributed by atoms with Gasteiger partial charge in [-0.2, -0.15) is 5.10 Å². The molecule has 0 radical (unpaired) electrons. The zero-order chi connectivity index (χ0) is 22.5. The Morgan fingerprint density at radius 1 is 1.10 bits per heavy atom. The van der Waals surface area contributed by atoms with Crippen molar-refractivity contribution in [2.45, 2.75) is 33.4 Å². The fraction of sp³-hybridized carbons (Fsp3) is 0.261. The molecule has 0 spiro atoms. The molecular formula is C23H25ClN4O3. The highest BCUT2D eigenvalue weighted by Crippen LogP contribution is 2.18. The van der Waals surface area contributed by atoms with E-state index in [1.54, 1.807) is 48.1 Å². The molecule has 8 heteroatoms. The summed E-state index contributed by atoms with van der Waals surface area (Å²) in [6.07, 6.45) is -0.550. The summed E-state index contributed by atoms with van der Waals surface area (Å²) in [6, 6.07) is 14.1. The lowest BCUT2D eigenvalue weighted by atomic mass is 10.1. The van der Waals surface area contributed by atoms with Crippen LogP contribution in [0.25, 0.3) is 0 Å². The molecule has 1 unspecified atom stereocenters. The number of amides is 2. The third-order valence-electron chi connectivity index (χ3n) is 5.02. The van der Waals surface area contributed by atoms with Crippen LogP contribution in [0, 0.1) is 13.8 Å². The molecule has 0 aliphatic carbocycles. The van der Waals surface area contributed by atoms with Crippen molar-refractivity contribution in [3.63, 3.8) is 0 Å². The molecule has 162 valence electrons. The molecule has 1 aromatic heterocycles. The molecular weight excluding hydrogens is 416 g/mol. The maximum Gasteiger partial charge on any atom is 0.411 e. The Morgan fingerprint density at radius 2 is 1.74 bits per heavy atom. The molecule has 2 N–H and O–H groups in total. The average molecular weight is 441 g/mol. The number of nitrogens with zero attached hydrogens (tertiary/aromatic N) is 2. The van der Waals surface area contributed by atoms with Gasteiger partial charge in [0.25, 0.3) is 5.91 Å². The number of carbonyl (C=O) groups excluding carboxylic acids is 2. The smallest absolute Gasteiger partial charge is 0.411 e. The van der Waals surface area contributed by atoms with E-state index in [0.29, 0.717) is 16.4 Å². The van der Waals surface area contributed by atoms with Crippen molar-refractivity contribution in [2.75, 3.05) is 5.32 Å². The molecule has 0 saturated heterocycles. The van der Waals surface area contributed by atoms with Crippen molar-refractivity contribution < 1.29 is 14.3 Å². The van der Waals surface area contributed by atoms with Gasteiger partial charge >= 0.3 is 6.09 Å². The van der Waals surface area contributed by atoms with E-state index in [1.807, 2.05) is 32.9 Å². The van der Waals surface area contributed by atoms with Gasteiger partial charge in [0.2, 0.25) is 0 Å². The molecule has 0 fully saturated rings. The number of hydrogen-bond donors (Lipinski definition) is 2. The molecule has 0 bridgehead atoms. The number of hydrogen-bond acceptors (Lipinski definition) is 4. The highest BCUT2D eigenvalue weighted by molar-refractivity contribution is 6.30. The summed E-state index contributed by atoms with van der Waals surface area (Å²) in [6.45, 7) is 5.81. The largest absolute Gasteiger partial charge is 0.444 e. The minimum Gasteiger partial charge on any atom is -0.444 e. The second-order valence-electron chi connectivity index (χ2n) is 7.33. The molecule has 1 heterocycles. The number of ether oxygens (including phenoxy) is 1. The maximum absolute atomic E-state index is 12.7. The molecule has 3 aromatic rings. The van der Waals surface area contributed by atoms with Crippen LogP contribution in [0.2, 0.25) is 5.02 Å². The third-order valence-corrected chi connectivity index (χ3v) is 5.28. The molecule has 7 nitrogen and oxygen atoms in total. The fourth-order valence-electron chi connectivity index (χ4n) is 3.17. The number of aromatic nitrogens is 2.